The van der Waals surface area contributed by atoms with E-state index < -0.39 is 5.54 Å². The highest BCUT2D eigenvalue weighted by Gasteiger charge is 2.35. The summed E-state index contributed by atoms with van der Waals surface area (Å²) in [5.74, 6) is 2.84. The molecule has 0 unspecified atom stereocenters. The zero-order valence-electron chi connectivity index (χ0n) is 14.7. The Morgan fingerprint density at radius 2 is 1.64 bits per heavy atom. The number of ether oxygens (including phenoxy) is 3. The molecule has 25 heavy (non-hydrogen) atoms. The molecule has 3 rings (SSSR count). The number of benzene rings is 1. The van der Waals surface area contributed by atoms with E-state index in [0.717, 1.165) is 31.2 Å². The lowest BCUT2D eigenvalue weighted by Gasteiger charge is -2.17. The number of rotatable bonds is 6. The number of aromatic nitrogens is 2. The molecule has 7 heteroatoms. The number of hydrogen-bond donors (Lipinski definition) is 1. The van der Waals surface area contributed by atoms with E-state index in [1.807, 2.05) is 12.1 Å². The van der Waals surface area contributed by atoms with Crippen LogP contribution in [0.4, 0.5) is 0 Å². The summed E-state index contributed by atoms with van der Waals surface area (Å²) in [6.45, 7) is 0. The molecule has 0 aliphatic heterocycles. The van der Waals surface area contributed by atoms with E-state index in [0.29, 0.717) is 29.0 Å². The molecule has 0 amide bonds. The monoisotopic (exact) mass is 345 g/mol. The lowest BCUT2D eigenvalue weighted by atomic mass is 9.99. The zero-order chi connectivity index (χ0) is 17.9. The van der Waals surface area contributed by atoms with Crippen molar-refractivity contribution in [2.45, 2.75) is 31.2 Å². The van der Waals surface area contributed by atoms with Gasteiger partial charge in [-0.3, -0.25) is 0 Å². The third kappa shape index (κ3) is 3.46. The lowest BCUT2D eigenvalue weighted by Crippen LogP contribution is -2.34. The Labute approximate surface area is 146 Å². The van der Waals surface area contributed by atoms with Gasteiger partial charge < -0.3 is 24.5 Å². The minimum atomic E-state index is -0.462. The molecule has 0 saturated heterocycles. The van der Waals surface area contributed by atoms with Crippen LogP contribution in [0.2, 0.25) is 0 Å². The van der Waals surface area contributed by atoms with Crippen molar-refractivity contribution in [3.8, 4) is 17.2 Å². The van der Waals surface area contributed by atoms with E-state index in [2.05, 4.69) is 10.1 Å². The standard InChI is InChI=1S/C18H23N3O4/c1-22-13-11-15(24-3)14(23-2)10-12(13)6-7-16-20-17(21-25-16)18(19)8-4-5-9-18/h6-7,10-11H,4-5,8-9,19H2,1-3H3/b7-6+. The van der Waals surface area contributed by atoms with Gasteiger partial charge >= 0.3 is 0 Å². The molecule has 0 spiro atoms. The highest BCUT2D eigenvalue weighted by atomic mass is 16.5. The number of nitrogens with zero attached hydrogens (tertiary/aromatic N) is 2. The number of hydrogen-bond acceptors (Lipinski definition) is 7. The summed E-state index contributed by atoms with van der Waals surface area (Å²) in [6.07, 6.45) is 7.53. The van der Waals surface area contributed by atoms with Gasteiger partial charge in [0, 0.05) is 17.7 Å². The first-order valence-electron chi connectivity index (χ1n) is 8.21. The van der Waals surface area contributed by atoms with Crippen LogP contribution < -0.4 is 19.9 Å². The minimum Gasteiger partial charge on any atom is -0.496 e. The Morgan fingerprint density at radius 3 is 2.28 bits per heavy atom. The Balaban J connectivity index is 1.86. The molecule has 1 aromatic carbocycles. The van der Waals surface area contributed by atoms with Crippen LogP contribution >= 0.6 is 0 Å². The van der Waals surface area contributed by atoms with Crippen LogP contribution in [-0.4, -0.2) is 31.5 Å². The normalized spacial score (nSPS) is 16.3. The Morgan fingerprint density at radius 1 is 1.00 bits per heavy atom. The molecule has 1 saturated carbocycles. The van der Waals surface area contributed by atoms with Crippen LogP contribution in [0.1, 0.15) is 43.0 Å². The average Bonchev–Trinajstić information content (AvgIpc) is 3.29. The third-order valence-corrected chi connectivity index (χ3v) is 4.52. The fourth-order valence-electron chi connectivity index (χ4n) is 3.08. The largest absolute Gasteiger partial charge is 0.496 e. The maximum absolute atomic E-state index is 6.36. The lowest BCUT2D eigenvalue weighted by molar-refractivity contribution is 0.348. The first-order chi connectivity index (χ1) is 12.1. The highest BCUT2D eigenvalue weighted by Crippen LogP contribution is 2.36. The molecule has 0 bridgehead atoms. The van der Waals surface area contributed by atoms with Gasteiger partial charge in [0.25, 0.3) is 5.89 Å². The fourth-order valence-corrected chi connectivity index (χ4v) is 3.08. The number of methoxy groups -OCH3 is 3. The van der Waals surface area contributed by atoms with Crippen molar-refractivity contribution in [3.05, 3.63) is 29.4 Å². The zero-order valence-corrected chi connectivity index (χ0v) is 14.7. The van der Waals surface area contributed by atoms with Crippen molar-refractivity contribution < 1.29 is 18.7 Å². The third-order valence-electron chi connectivity index (χ3n) is 4.52. The predicted molar refractivity (Wildman–Crippen MR) is 93.7 cm³/mol. The van der Waals surface area contributed by atoms with Gasteiger partial charge in [0.15, 0.2) is 17.3 Å². The Bertz CT molecular complexity index is 764. The average molecular weight is 345 g/mol. The van der Waals surface area contributed by atoms with Gasteiger partial charge in [-0.2, -0.15) is 4.98 Å². The molecule has 1 aromatic heterocycles. The maximum Gasteiger partial charge on any atom is 0.250 e. The van der Waals surface area contributed by atoms with E-state index in [1.54, 1.807) is 33.5 Å². The summed E-state index contributed by atoms with van der Waals surface area (Å²) in [4.78, 5) is 4.42. The van der Waals surface area contributed by atoms with Crippen LogP contribution in [0.25, 0.3) is 12.2 Å². The Hall–Kier alpha value is -2.54. The van der Waals surface area contributed by atoms with Gasteiger partial charge in [0.1, 0.15) is 5.75 Å². The first-order valence-corrected chi connectivity index (χ1v) is 8.21. The highest BCUT2D eigenvalue weighted by molar-refractivity contribution is 5.72. The van der Waals surface area contributed by atoms with Crippen molar-refractivity contribution in [3.63, 3.8) is 0 Å². The summed E-state index contributed by atoms with van der Waals surface area (Å²) < 4.78 is 21.3. The van der Waals surface area contributed by atoms with E-state index >= 15 is 0 Å². The quantitative estimate of drug-likeness (QED) is 0.860. The minimum absolute atomic E-state index is 0.406. The van der Waals surface area contributed by atoms with E-state index in [9.17, 15) is 0 Å². The maximum atomic E-state index is 6.36. The smallest absolute Gasteiger partial charge is 0.250 e. The van der Waals surface area contributed by atoms with Crippen molar-refractivity contribution in [1.82, 2.24) is 10.1 Å². The molecule has 1 aliphatic rings. The first kappa shape index (κ1) is 17.3. The van der Waals surface area contributed by atoms with Crippen LogP contribution in [0.3, 0.4) is 0 Å². The molecular formula is C18H23N3O4. The second kappa shape index (κ2) is 7.14. The number of nitrogens with two attached hydrogens (primary N) is 1. The molecule has 2 aromatic rings. The fraction of sp³-hybridized carbons (Fsp3) is 0.444. The van der Waals surface area contributed by atoms with Crippen LogP contribution in [0.15, 0.2) is 16.7 Å². The van der Waals surface area contributed by atoms with Crippen LogP contribution in [-0.2, 0) is 5.54 Å². The summed E-state index contributed by atoms with van der Waals surface area (Å²) >= 11 is 0. The van der Waals surface area contributed by atoms with Gasteiger partial charge in [-0.05, 0) is 25.0 Å². The SMILES string of the molecule is COc1cc(OC)c(OC)cc1/C=C/c1nc(C2(N)CCCC2)no1. The van der Waals surface area contributed by atoms with Crippen molar-refractivity contribution >= 4 is 12.2 Å². The predicted octanol–water partition coefficient (Wildman–Crippen LogP) is 2.99. The molecule has 2 N–H and O–H groups in total. The van der Waals surface area contributed by atoms with Gasteiger partial charge in [0.05, 0.1) is 26.9 Å². The van der Waals surface area contributed by atoms with E-state index in [1.165, 1.54) is 0 Å². The summed E-state index contributed by atoms with van der Waals surface area (Å²) in [7, 11) is 4.77. The van der Waals surface area contributed by atoms with Crippen LogP contribution in [0, 0.1) is 0 Å². The molecule has 1 heterocycles. The summed E-state index contributed by atoms with van der Waals surface area (Å²) in [5, 5.41) is 4.05. The van der Waals surface area contributed by atoms with Gasteiger partial charge in [-0.25, -0.2) is 0 Å². The second-order valence-electron chi connectivity index (χ2n) is 6.10. The van der Waals surface area contributed by atoms with Gasteiger partial charge in [-0.1, -0.05) is 18.0 Å². The molecule has 7 nitrogen and oxygen atoms in total. The van der Waals surface area contributed by atoms with Gasteiger partial charge in [-0.15, -0.1) is 0 Å². The molecule has 0 radical (unpaired) electrons. The topological polar surface area (TPSA) is 92.6 Å². The van der Waals surface area contributed by atoms with Crippen molar-refractivity contribution in [2.24, 2.45) is 5.73 Å². The summed E-state index contributed by atoms with van der Waals surface area (Å²) in [5.41, 5.74) is 6.70. The van der Waals surface area contributed by atoms with E-state index in [4.69, 9.17) is 24.5 Å². The molecule has 0 atom stereocenters. The van der Waals surface area contributed by atoms with Crippen LogP contribution in [0.5, 0.6) is 17.2 Å². The van der Waals surface area contributed by atoms with Crippen molar-refractivity contribution in [1.29, 1.82) is 0 Å². The molecule has 1 aliphatic carbocycles. The molecular weight excluding hydrogens is 322 g/mol. The summed E-state index contributed by atoms with van der Waals surface area (Å²) in [6, 6.07) is 3.60. The molecule has 134 valence electrons. The van der Waals surface area contributed by atoms with Crippen molar-refractivity contribution in [2.75, 3.05) is 21.3 Å². The Kier molecular flexibility index (Phi) is 4.94. The van der Waals surface area contributed by atoms with Gasteiger partial charge in [0.2, 0.25) is 0 Å². The molecule has 1 fully saturated rings. The second-order valence-corrected chi connectivity index (χ2v) is 6.10. The van der Waals surface area contributed by atoms with E-state index in [-0.39, 0.29) is 0 Å².